The molecule has 0 radical (unpaired) electrons. The van der Waals surface area contributed by atoms with Crippen LogP contribution in [0.25, 0.3) is 11.4 Å². The monoisotopic (exact) mass is 509 g/mol. The Labute approximate surface area is 221 Å². The maximum Gasteiger partial charge on any atom is 0.251 e. The third kappa shape index (κ3) is 5.94. The first kappa shape index (κ1) is 25.3. The lowest BCUT2D eigenvalue weighted by atomic mass is 9.95. The summed E-state index contributed by atoms with van der Waals surface area (Å²) in [5.41, 5.74) is 2.94. The first-order chi connectivity index (χ1) is 18.6. The van der Waals surface area contributed by atoms with Gasteiger partial charge in [-0.05, 0) is 49.2 Å². The summed E-state index contributed by atoms with van der Waals surface area (Å²) in [5.74, 6) is -0.169. The molecule has 2 aromatic carbocycles. The average Bonchev–Trinajstić information content (AvgIpc) is 3.42. The van der Waals surface area contributed by atoms with Crippen LogP contribution in [0.1, 0.15) is 49.4 Å². The van der Waals surface area contributed by atoms with Crippen LogP contribution in [0.2, 0.25) is 0 Å². The van der Waals surface area contributed by atoms with Crippen molar-refractivity contribution in [3.63, 3.8) is 0 Å². The first-order valence-electron chi connectivity index (χ1n) is 13.0. The zero-order valence-electron chi connectivity index (χ0n) is 21.4. The average molecular weight is 510 g/mol. The number of hydrogen-bond acceptors (Lipinski definition) is 6. The van der Waals surface area contributed by atoms with E-state index < -0.39 is 6.04 Å². The lowest BCUT2D eigenvalue weighted by Crippen LogP contribution is -2.48. The quantitative estimate of drug-likeness (QED) is 0.380. The Morgan fingerprint density at radius 2 is 1.71 bits per heavy atom. The van der Waals surface area contributed by atoms with Crippen molar-refractivity contribution >= 4 is 17.5 Å². The molecular formula is C29H31N7O2. The summed E-state index contributed by atoms with van der Waals surface area (Å²) in [6.07, 6.45) is 6.86. The molecule has 1 fully saturated rings. The minimum Gasteiger partial charge on any atom is -0.351 e. The summed E-state index contributed by atoms with van der Waals surface area (Å²) in [5, 5.41) is 15.8. The predicted molar refractivity (Wildman–Crippen MR) is 144 cm³/mol. The molecule has 38 heavy (non-hydrogen) atoms. The molecule has 9 nitrogen and oxygen atoms in total. The second-order valence-electron chi connectivity index (χ2n) is 9.61. The van der Waals surface area contributed by atoms with Crippen molar-refractivity contribution in [3.8, 4) is 11.4 Å². The van der Waals surface area contributed by atoms with Crippen LogP contribution in [0.15, 0.2) is 79.0 Å². The smallest absolute Gasteiger partial charge is 0.251 e. The minimum atomic E-state index is -0.953. The van der Waals surface area contributed by atoms with Gasteiger partial charge in [0.25, 0.3) is 5.91 Å². The van der Waals surface area contributed by atoms with Gasteiger partial charge in [0.1, 0.15) is 6.54 Å². The van der Waals surface area contributed by atoms with Crippen LogP contribution in [0.4, 0.5) is 5.69 Å². The zero-order valence-corrected chi connectivity index (χ0v) is 21.4. The van der Waals surface area contributed by atoms with Gasteiger partial charge in [0, 0.05) is 23.5 Å². The fourth-order valence-corrected chi connectivity index (χ4v) is 4.80. The number of amides is 2. The van der Waals surface area contributed by atoms with E-state index in [2.05, 4.69) is 25.7 Å². The predicted octanol–water partition coefficient (Wildman–Crippen LogP) is 4.27. The number of aryl methyl sites for hydroxylation is 1. The fourth-order valence-electron chi connectivity index (χ4n) is 4.80. The number of rotatable bonds is 8. The summed E-state index contributed by atoms with van der Waals surface area (Å²) in [6.45, 7) is 1.79. The number of pyridine rings is 1. The highest BCUT2D eigenvalue weighted by Gasteiger charge is 2.35. The Kier molecular flexibility index (Phi) is 7.82. The third-order valence-corrected chi connectivity index (χ3v) is 6.77. The molecule has 1 aliphatic rings. The molecule has 5 rings (SSSR count). The minimum absolute atomic E-state index is 0.0860. The maximum atomic E-state index is 13.9. The SMILES string of the molecule is Cc1ccc(N(C(=O)Cn2nnc(-c3ccccc3)n2)C(C(=O)NC2CCCCC2)c2ccccn2)cc1. The Morgan fingerprint density at radius 1 is 0.974 bits per heavy atom. The van der Waals surface area contributed by atoms with Gasteiger partial charge in [-0.2, -0.15) is 4.80 Å². The summed E-state index contributed by atoms with van der Waals surface area (Å²) < 4.78 is 0. The van der Waals surface area contributed by atoms with Crippen LogP contribution in [0, 0.1) is 6.92 Å². The molecule has 1 unspecified atom stereocenters. The molecule has 0 aliphatic heterocycles. The lowest BCUT2D eigenvalue weighted by molar-refractivity contribution is -0.127. The van der Waals surface area contributed by atoms with Gasteiger partial charge in [-0.15, -0.1) is 10.2 Å². The molecule has 2 amide bonds. The van der Waals surface area contributed by atoms with Crippen molar-refractivity contribution in [2.75, 3.05) is 4.90 Å². The molecule has 0 saturated heterocycles. The standard InChI is InChI=1S/C29H31N7O2/c1-21-15-17-24(18-16-21)36(26(37)20-35-33-28(32-34-35)22-10-4-2-5-11-22)27(25-14-8-9-19-30-25)29(38)31-23-12-6-3-7-13-23/h2,4-5,8-11,14-19,23,27H,3,6-7,12-13,20H2,1H3,(H,31,38). The normalized spacial score (nSPS) is 14.6. The van der Waals surface area contributed by atoms with Crippen LogP contribution in [-0.4, -0.2) is 43.0 Å². The van der Waals surface area contributed by atoms with E-state index in [0.717, 1.165) is 36.8 Å². The number of nitrogens with zero attached hydrogens (tertiary/aromatic N) is 6. The van der Waals surface area contributed by atoms with E-state index in [4.69, 9.17) is 0 Å². The molecule has 194 valence electrons. The highest BCUT2D eigenvalue weighted by molar-refractivity contribution is 6.01. The van der Waals surface area contributed by atoms with Gasteiger partial charge >= 0.3 is 0 Å². The molecule has 0 spiro atoms. The number of anilines is 1. The van der Waals surface area contributed by atoms with Crippen LogP contribution in [0.5, 0.6) is 0 Å². The molecule has 1 atom stereocenters. The number of carbonyl (C=O) groups excluding carboxylic acids is 2. The highest BCUT2D eigenvalue weighted by atomic mass is 16.2. The largest absolute Gasteiger partial charge is 0.351 e. The molecule has 9 heteroatoms. The van der Waals surface area contributed by atoms with Gasteiger partial charge in [0.15, 0.2) is 6.04 Å². The molecule has 1 aliphatic carbocycles. The summed E-state index contributed by atoms with van der Waals surface area (Å²) >= 11 is 0. The number of hydrogen-bond donors (Lipinski definition) is 1. The van der Waals surface area contributed by atoms with Crippen LogP contribution in [0.3, 0.4) is 0 Å². The fraction of sp³-hybridized carbons (Fsp3) is 0.310. The van der Waals surface area contributed by atoms with Crippen molar-refractivity contribution < 1.29 is 9.59 Å². The zero-order chi connectivity index (χ0) is 26.3. The topological polar surface area (TPSA) is 106 Å². The van der Waals surface area contributed by atoms with Crippen molar-refractivity contribution in [2.45, 2.75) is 57.7 Å². The molecule has 4 aromatic rings. The van der Waals surface area contributed by atoms with Gasteiger partial charge in [-0.1, -0.05) is 73.4 Å². The van der Waals surface area contributed by atoms with Gasteiger partial charge in [0.05, 0.1) is 5.69 Å². The van der Waals surface area contributed by atoms with E-state index in [9.17, 15) is 9.59 Å². The molecule has 0 bridgehead atoms. The number of benzene rings is 2. The molecule has 2 heterocycles. The van der Waals surface area contributed by atoms with E-state index >= 15 is 0 Å². The molecule has 1 saturated carbocycles. The summed E-state index contributed by atoms with van der Waals surface area (Å²) in [7, 11) is 0. The van der Waals surface area contributed by atoms with Gasteiger partial charge < -0.3 is 5.32 Å². The Hall–Kier alpha value is -4.40. The molecule has 2 aromatic heterocycles. The molecular weight excluding hydrogens is 478 g/mol. The maximum absolute atomic E-state index is 13.9. The Bertz CT molecular complexity index is 1350. The van der Waals surface area contributed by atoms with Gasteiger partial charge in [0.2, 0.25) is 11.7 Å². The van der Waals surface area contributed by atoms with Crippen LogP contribution < -0.4 is 10.2 Å². The lowest BCUT2D eigenvalue weighted by Gasteiger charge is -2.32. The second-order valence-corrected chi connectivity index (χ2v) is 9.61. The first-order valence-corrected chi connectivity index (χ1v) is 13.0. The number of aromatic nitrogens is 5. The van der Waals surface area contributed by atoms with Crippen LogP contribution in [-0.2, 0) is 16.1 Å². The van der Waals surface area contributed by atoms with E-state index in [-0.39, 0.29) is 24.4 Å². The van der Waals surface area contributed by atoms with Crippen molar-refractivity contribution in [1.82, 2.24) is 30.5 Å². The highest BCUT2D eigenvalue weighted by Crippen LogP contribution is 2.29. The van der Waals surface area contributed by atoms with E-state index in [0.29, 0.717) is 17.2 Å². The summed E-state index contributed by atoms with van der Waals surface area (Å²) in [4.78, 5) is 35.0. The molecule has 1 N–H and O–H groups in total. The van der Waals surface area contributed by atoms with Gasteiger partial charge in [-0.25, -0.2) is 0 Å². The van der Waals surface area contributed by atoms with Crippen LogP contribution >= 0.6 is 0 Å². The van der Waals surface area contributed by atoms with Crippen molar-refractivity contribution in [1.29, 1.82) is 0 Å². The van der Waals surface area contributed by atoms with Crippen molar-refractivity contribution in [3.05, 3.63) is 90.3 Å². The second kappa shape index (κ2) is 11.8. The third-order valence-electron chi connectivity index (χ3n) is 6.77. The van der Waals surface area contributed by atoms with E-state index in [1.807, 2.05) is 67.6 Å². The number of tetrazole rings is 1. The number of nitrogens with one attached hydrogen (secondary N) is 1. The van der Waals surface area contributed by atoms with Crippen molar-refractivity contribution in [2.24, 2.45) is 0 Å². The Balaban J connectivity index is 1.48. The van der Waals surface area contributed by atoms with Gasteiger partial charge in [-0.3, -0.25) is 19.5 Å². The Morgan fingerprint density at radius 3 is 2.42 bits per heavy atom. The number of carbonyl (C=O) groups is 2. The summed E-state index contributed by atoms with van der Waals surface area (Å²) in [6, 6.07) is 21.5. The van der Waals surface area contributed by atoms with E-state index in [1.165, 1.54) is 16.1 Å². The van der Waals surface area contributed by atoms with E-state index in [1.54, 1.807) is 18.3 Å².